The zero-order valence-corrected chi connectivity index (χ0v) is 14.2. The van der Waals surface area contributed by atoms with E-state index in [2.05, 4.69) is 6.92 Å². The molecule has 0 amide bonds. The first-order valence-corrected chi connectivity index (χ1v) is 9.18. The van der Waals surface area contributed by atoms with Gasteiger partial charge in [0.1, 0.15) is 0 Å². The Morgan fingerprint density at radius 1 is 0.714 bits per heavy atom. The molecule has 0 spiro atoms. The van der Waals surface area contributed by atoms with Gasteiger partial charge in [-0.2, -0.15) is 0 Å². The summed E-state index contributed by atoms with van der Waals surface area (Å²) < 4.78 is 5.43. The highest BCUT2D eigenvalue weighted by molar-refractivity contribution is 4.51. The van der Waals surface area contributed by atoms with Crippen molar-refractivity contribution in [3.8, 4) is 0 Å². The summed E-state index contributed by atoms with van der Waals surface area (Å²) in [6.45, 7) is 3.45. The van der Waals surface area contributed by atoms with Crippen LogP contribution in [-0.2, 0) is 4.74 Å². The molecular formula is C18H38O3. The summed E-state index contributed by atoms with van der Waals surface area (Å²) in [4.78, 5) is 0. The molecule has 2 N–H and O–H groups in total. The van der Waals surface area contributed by atoms with Crippen molar-refractivity contribution in [2.45, 2.75) is 96.5 Å². The highest BCUT2D eigenvalue weighted by Crippen LogP contribution is 2.11. The van der Waals surface area contributed by atoms with Crippen LogP contribution in [0.25, 0.3) is 0 Å². The average molecular weight is 302 g/mol. The van der Waals surface area contributed by atoms with Crippen LogP contribution in [0.5, 0.6) is 0 Å². The lowest BCUT2D eigenvalue weighted by molar-refractivity contribution is 0.0475. The maximum atomic E-state index is 9.13. The van der Waals surface area contributed by atoms with Gasteiger partial charge >= 0.3 is 0 Å². The first kappa shape index (κ1) is 20.9. The molecule has 0 fully saturated rings. The predicted molar refractivity (Wildman–Crippen MR) is 89.6 cm³/mol. The van der Waals surface area contributed by atoms with Crippen LogP contribution < -0.4 is 0 Å². The van der Waals surface area contributed by atoms with Gasteiger partial charge in [0.2, 0.25) is 0 Å². The fourth-order valence-electron chi connectivity index (χ4n) is 2.46. The van der Waals surface area contributed by atoms with Crippen LogP contribution in [-0.4, -0.2) is 36.1 Å². The van der Waals surface area contributed by atoms with Gasteiger partial charge in [-0.15, -0.1) is 0 Å². The number of aliphatic hydroxyl groups is 2. The van der Waals surface area contributed by atoms with E-state index in [-0.39, 0.29) is 6.61 Å². The van der Waals surface area contributed by atoms with Crippen molar-refractivity contribution in [3.63, 3.8) is 0 Å². The molecule has 21 heavy (non-hydrogen) atoms. The number of hydrogen-bond acceptors (Lipinski definition) is 3. The van der Waals surface area contributed by atoms with Crippen molar-refractivity contribution in [3.05, 3.63) is 0 Å². The van der Waals surface area contributed by atoms with E-state index in [1.165, 1.54) is 70.6 Å². The quantitative estimate of drug-likeness (QED) is 0.390. The smallest absolute Gasteiger partial charge is 0.0792 e. The fourth-order valence-corrected chi connectivity index (χ4v) is 2.46. The van der Waals surface area contributed by atoms with E-state index >= 15 is 0 Å². The summed E-state index contributed by atoms with van der Waals surface area (Å²) in [5.74, 6) is 0. The zero-order chi connectivity index (χ0) is 15.6. The number of ether oxygens (including phenoxy) is 1. The van der Waals surface area contributed by atoms with Gasteiger partial charge in [-0.1, -0.05) is 77.6 Å². The molecule has 0 heterocycles. The van der Waals surface area contributed by atoms with Crippen LogP contribution in [0.15, 0.2) is 0 Å². The molecule has 0 aromatic heterocycles. The van der Waals surface area contributed by atoms with Crippen LogP contribution in [0, 0.1) is 0 Å². The molecule has 0 aromatic carbocycles. The first-order chi connectivity index (χ1) is 10.3. The molecule has 0 aromatic rings. The molecule has 3 heteroatoms. The summed E-state index contributed by atoms with van der Waals surface area (Å²) in [7, 11) is 0. The van der Waals surface area contributed by atoms with Crippen molar-refractivity contribution in [2.75, 3.05) is 19.8 Å². The Morgan fingerprint density at radius 3 is 1.67 bits per heavy atom. The lowest BCUT2D eigenvalue weighted by atomic mass is 10.1. The van der Waals surface area contributed by atoms with Gasteiger partial charge in [0.15, 0.2) is 0 Å². The van der Waals surface area contributed by atoms with Crippen LogP contribution in [0.3, 0.4) is 0 Å². The first-order valence-electron chi connectivity index (χ1n) is 9.18. The molecule has 0 bridgehead atoms. The Bertz CT molecular complexity index is 185. The van der Waals surface area contributed by atoms with E-state index in [0.717, 1.165) is 13.0 Å². The van der Waals surface area contributed by atoms with E-state index in [9.17, 15) is 0 Å². The molecule has 0 radical (unpaired) electrons. The van der Waals surface area contributed by atoms with E-state index < -0.39 is 6.10 Å². The molecule has 128 valence electrons. The van der Waals surface area contributed by atoms with Crippen molar-refractivity contribution in [2.24, 2.45) is 0 Å². The molecule has 0 aliphatic rings. The second-order valence-electron chi connectivity index (χ2n) is 6.13. The maximum absolute atomic E-state index is 9.13. The summed E-state index contributed by atoms with van der Waals surface area (Å²) in [6.07, 6.45) is 16.2. The summed E-state index contributed by atoms with van der Waals surface area (Å²) >= 11 is 0. The van der Waals surface area contributed by atoms with Crippen LogP contribution in [0.2, 0.25) is 0 Å². The molecule has 0 saturated heterocycles. The summed E-state index contributed by atoms with van der Waals surface area (Å²) in [6, 6.07) is 0. The van der Waals surface area contributed by atoms with Gasteiger partial charge in [-0.05, 0) is 12.8 Å². The fraction of sp³-hybridized carbons (Fsp3) is 1.00. The molecule has 0 rings (SSSR count). The minimum absolute atomic E-state index is 0.165. The Kier molecular flexibility index (Phi) is 17.8. The zero-order valence-electron chi connectivity index (χ0n) is 14.2. The molecule has 0 aliphatic carbocycles. The lowest BCUT2D eigenvalue weighted by Gasteiger charge is -2.07. The van der Waals surface area contributed by atoms with Gasteiger partial charge < -0.3 is 14.9 Å². The standard InChI is InChI=1S/C18H38O3/c1-2-3-4-5-6-7-8-9-10-11-12-13-15-21-16-14-18(20)17-19/h18-20H,2-17H2,1H3. The van der Waals surface area contributed by atoms with Gasteiger partial charge in [0.25, 0.3) is 0 Å². The third-order valence-corrected chi connectivity index (χ3v) is 3.95. The molecular weight excluding hydrogens is 264 g/mol. The third kappa shape index (κ3) is 17.8. The predicted octanol–water partition coefficient (Wildman–Crippen LogP) is 4.45. The van der Waals surface area contributed by atoms with Crippen molar-refractivity contribution in [1.29, 1.82) is 0 Å². The largest absolute Gasteiger partial charge is 0.394 e. The van der Waals surface area contributed by atoms with E-state index in [4.69, 9.17) is 14.9 Å². The SMILES string of the molecule is CCCCCCCCCCCCCCOCCC(O)CO. The van der Waals surface area contributed by atoms with Gasteiger partial charge in [0, 0.05) is 13.2 Å². The van der Waals surface area contributed by atoms with E-state index in [0.29, 0.717) is 13.0 Å². The van der Waals surface area contributed by atoms with Crippen LogP contribution >= 0.6 is 0 Å². The number of rotatable bonds is 17. The number of hydrogen-bond donors (Lipinski definition) is 2. The number of aliphatic hydroxyl groups excluding tert-OH is 2. The highest BCUT2D eigenvalue weighted by atomic mass is 16.5. The third-order valence-electron chi connectivity index (χ3n) is 3.95. The Balaban J connectivity index is 2.96. The molecule has 1 atom stereocenters. The Morgan fingerprint density at radius 2 is 1.19 bits per heavy atom. The molecule has 0 aliphatic heterocycles. The van der Waals surface area contributed by atoms with Gasteiger partial charge in [-0.3, -0.25) is 0 Å². The summed E-state index contributed by atoms with van der Waals surface area (Å²) in [5.41, 5.74) is 0. The average Bonchev–Trinajstić information content (AvgIpc) is 2.50. The second-order valence-corrected chi connectivity index (χ2v) is 6.13. The van der Waals surface area contributed by atoms with Crippen LogP contribution in [0.4, 0.5) is 0 Å². The topological polar surface area (TPSA) is 49.7 Å². The van der Waals surface area contributed by atoms with E-state index in [1.54, 1.807) is 0 Å². The Hall–Kier alpha value is -0.120. The summed E-state index contributed by atoms with van der Waals surface area (Å²) in [5, 5.41) is 17.8. The van der Waals surface area contributed by atoms with Crippen molar-refractivity contribution >= 4 is 0 Å². The monoisotopic (exact) mass is 302 g/mol. The Labute approximate surface area is 132 Å². The number of unbranched alkanes of at least 4 members (excludes halogenated alkanes) is 11. The molecule has 3 nitrogen and oxygen atoms in total. The maximum Gasteiger partial charge on any atom is 0.0792 e. The van der Waals surface area contributed by atoms with Gasteiger partial charge in [0.05, 0.1) is 12.7 Å². The lowest BCUT2D eigenvalue weighted by Crippen LogP contribution is -2.14. The van der Waals surface area contributed by atoms with Crippen LogP contribution in [0.1, 0.15) is 90.4 Å². The highest BCUT2D eigenvalue weighted by Gasteiger charge is 2.00. The van der Waals surface area contributed by atoms with Gasteiger partial charge in [-0.25, -0.2) is 0 Å². The minimum Gasteiger partial charge on any atom is -0.394 e. The minimum atomic E-state index is -0.619. The van der Waals surface area contributed by atoms with Crippen molar-refractivity contribution in [1.82, 2.24) is 0 Å². The molecule has 1 unspecified atom stereocenters. The normalized spacial score (nSPS) is 12.7. The van der Waals surface area contributed by atoms with Crippen molar-refractivity contribution < 1.29 is 14.9 Å². The molecule has 0 saturated carbocycles. The van der Waals surface area contributed by atoms with E-state index in [1.807, 2.05) is 0 Å². The second kappa shape index (κ2) is 17.9.